The Bertz CT molecular complexity index is 595. The van der Waals surface area contributed by atoms with Crippen molar-refractivity contribution in [2.24, 2.45) is 4.99 Å². The molecule has 0 saturated carbocycles. The summed E-state index contributed by atoms with van der Waals surface area (Å²) in [5.41, 5.74) is 3.21. The number of amidine groups is 1. The van der Waals surface area contributed by atoms with Gasteiger partial charge in [0.15, 0.2) is 0 Å². The van der Waals surface area contributed by atoms with E-state index in [1.165, 1.54) is 5.56 Å². The lowest BCUT2D eigenvalue weighted by Gasteiger charge is -2.27. The van der Waals surface area contributed by atoms with E-state index in [1.807, 2.05) is 24.3 Å². The third kappa shape index (κ3) is 2.64. The highest BCUT2D eigenvalue weighted by molar-refractivity contribution is 6.05. The second-order valence-electron chi connectivity index (χ2n) is 5.53. The van der Waals surface area contributed by atoms with E-state index in [9.17, 15) is 0 Å². The first-order valence-electron chi connectivity index (χ1n) is 6.85. The van der Waals surface area contributed by atoms with Crippen molar-refractivity contribution in [1.82, 2.24) is 5.32 Å². The van der Waals surface area contributed by atoms with Gasteiger partial charge in [-0.25, -0.2) is 0 Å². The number of aliphatic imine (C=N–C) groups is 1. The number of rotatable bonds is 2. The summed E-state index contributed by atoms with van der Waals surface area (Å²) in [6, 6.07) is 20.6. The molecule has 1 aliphatic heterocycles. The molecule has 2 aromatic carbocycles. The normalized spacial score (nSPS) is 16.9. The fourth-order valence-corrected chi connectivity index (χ4v) is 2.37. The van der Waals surface area contributed by atoms with Crippen molar-refractivity contribution in [1.29, 1.82) is 0 Å². The highest BCUT2D eigenvalue weighted by Crippen LogP contribution is 2.24. The van der Waals surface area contributed by atoms with Crippen LogP contribution in [0.4, 0.5) is 0 Å². The number of nitrogens with zero attached hydrogens (tertiary/aromatic N) is 1. The van der Waals surface area contributed by atoms with Crippen LogP contribution in [0.2, 0.25) is 0 Å². The number of hydrogen-bond donors (Lipinski definition) is 1. The van der Waals surface area contributed by atoms with Gasteiger partial charge in [0.05, 0.1) is 5.54 Å². The largest absolute Gasteiger partial charge is 0.340 e. The molecule has 0 atom stereocenters. The maximum Gasteiger partial charge on any atom is 0.133 e. The second kappa shape index (κ2) is 4.97. The molecule has 20 heavy (non-hydrogen) atoms. The van der Waals surface area contributed by atoms with Gasteiger partial charge >= 0.3 is 0 Å². The molecule has 0 saturated heterocycles. The van der Waals surface area contributed by atoms with E-state index in [2.05, 4.69) is 61.6 Å². The lowest BCUT2D eigenvalue weighted by atomic mass is 9.98. The zero-order chi connectivity index (χ0) is 14.0. The Morgan fingerprint density at radius 3 is 1.95 bits per heavy atom. The van der Waals surface area contributed by atoms with E-state index in [1.54, 1.807) is 0 Å². The van der Waals surface area contributed by atoms with Crippen molar-refractivity contribution in [3.8, 4) is 0 Å². The molecule has 0 aliphatic carbocycles. The summed E-state index contributed by atoms with van der Waals surface area (Å²) in [5, 5.41) is 3.45. The second-order valence-corrected chi connectivity index (χ2v) is 5.53. The van der Waals surface area contributed by atoms with Crippen molar-refractivity contribution in [3.63, 3.8) is 0 Å². The summed E-state index contributed by atoms with van der Waals surface area (Å²) in [6.45, 7) is 4.25. The topological polar surface area (TPSA) is 24.4 Å². The van der Waals surface area contributed by atoms with Crippen LogP contribution in [0.15, 0.2) is 71.7 Å². The molecule has 1 aliphatic rings. The number of nitrogens with one attached hydrogen (secondary N) is 1. The van der Waals surface area contributed by atoms with E-state index in [4.69, 9.17) is 4.99 Å². The van der Waals surface area contributed by atoms with Crippen molar-refractivity contribution in [3.05, 3.63) is 77.9 Å². The number of benzene rings is 2. The van der Waals surface area contributed by atoms with E-state index < -0.39 is 0 Å². The highest BCUT2D eigenvalue weighted by Gasteiger charge is 2.22. The lowest BCUT2D eigenvalue weighted by molar-refractivity contribution is 0.646. The molecule has 0 amide bonds. The van der Waals surface area contributed by atoms with Crippen LogP contribution in [0.1, 0.15) is 25.0 Å². The molecule has 0 unspecified atom stereocenters. The van der Waals surface area contributed by atoms with Crippen molar-refractivity contribution in [2.75, 3.05) is 0 Å². The van der Waals surface area contributed by atoms with Gasteiger partial charge in [-0.1, -0.05) is 60.7 Å². The monoisotopic (exact) mass is 262 g/mol. The van der Waals surface area contributed by atoms with Crippen LogP contribution in [-0.2, 0) is 0 Å². The maximum atomic E-state index is 4.79. The molecule has 0 radical (unpaired) electrons. The molecule has 0 aromatic heterocycles. The van der Waals surface area contributed by atoms with Crippen LogP contribution >= 0.6 is 0 Å². The van der Waals surface area contributed by atoms with Gasteiger partial charge in [0.2, 0.25) is 0 Å². The minimum atomic E-state index is -0.207. The summed E-state index contributed by atoms with van der Waals surface area (Å²) in [4.78, 5) is 4.79. The third-order valence-corrected chi connectivity index (χ3v) is 3.28. The van der Waals surface area contributed by atoms with Gasteiger partial charge in [-0.2, -0.15) is 0 Å². The molecule has 1 N–H and O–H groups in total. The van der Waals surface area contributed by atoms with Gasteiger partial charge in [0, 0.05) is 11.3 Å². The average Bonchev–Trinajstić information content (AvgIpc) is 2.47. The predicted octanol–water partition coefficient (Wildman–Crippen LogP) is 3.86. The van der Waals surface area contributed by atoms with Gasteiger partial charge in [-0.05, 0) is 25.5 Å². The Balaban J connectivity index is 1.99. The summed E-state index contributed by atoms with van der Waals surface area (Å²) in [5.74, 6) is 0.928. The Kier molecular flexibility index (Phi) is 3.15. The van der Waals surface area contributed by atoms with Crippen molar-refractivity contribution in [2.45, 2.75) is 19.4 Å². The Morgan fingerprint density at radius 2 is 1.35 bits per heavy atom. The molecular formula is C18H18N2. The zero-order valence-electron chi connectivity index (χ0n) is 11.8. The zero-order valence-corrected chi connectivity index (χ0v) is 11.8. The number of hydrogen-bond acceptors (Lipinski definition) is 2. The molecule has 3 rings (SSSR count). The summed E-state index contributed by atoms with van der Waals surface area (Å²) in [7, 11) is 0. The summed E-state index contributed by atoms with van der Waals surface area (Å²) < 4.78 is 0. The molecule has 1 heterocycles. The van der Waals surface area contributed by atoms with Crippen LogP contribution in [-0.4, -0.2) is 11.4 Å². The Labute approximate surface area is 119 Å². The van der Waals surface area contributed by atoms with E-state index in [-0.39, 0.29) is 5.54 Å². The van der Waals surface area contributed by atoms with E-state index in [0.717, 1.165) is 17.1 Å². The standard InChI is InChI=1S/C18H18N2/c1-18(2)13-16(14-9-5-3-6-10-14)19-17(20-18)15-11-7-4-8-12-15/h3-13H,1-2H3,(H,19,20). The molecule has 2 nitrogen and oxygen atoms in total. The fraction of sp³-hybridized carbons (Fsp3) is 0.167. The Hall–Kier alpha value is -2.35. The minimum Gasteiger partial charge on any atom is -0.340 e. The van der Waals surface area contributed by atoms with Crippen molar-refractivity contribution >= 4 is 11.5 Å². The van der Waals surface area contributed by atoms with E-state index >= 15 is 0 Å². The third-order valence-electron chi connectivity index (χ3n) is 3.28. The molecule has 2 aromatic rings. The molecule has 0 fully saturated rings. The van der Waals surface area contributed by atoms with Crippen LogP contribution in [0.5, 0.6) is 0 Å². The van der Waals surface area contributed by atoms with Gasteiger partial charge in [-0.3, -0.25) is 4.99 Å². The quantitative estimate of drug-likeness (QED) is 0.873. The van der Waals surface area contributed by atoms with Gasteiger partial charge < -0.3 is 5.32 Å². The smallest absolute Gasteiger partial charge is 0.133 e. The van der Waals surface area contributed by atoms with E-state index in [0.29, 0.717) is 0 Å². The van der Waals surface area contributed by atoms with Crippen LogP contribution < -0.4 is 5.32 Å². The SMILES string of the molecule is CC1(C)C=C(c2ccccc2)NC(c2ccccc2)=N1. The maximum absolute atomic E-state index is 4.79. The van der Waals surface area contributed by atoms with Crippen LogP contribution in [0.3, 0.4) is 0 Å². The van der Waals surface area contributed by atoms with Gasteiger partial charge in [0.1, 0.15) is 5.84 Å². The molecule has 100 valence electrons. The van der Waals surface area contributed by atoms with Crippen LogP contribution in [0.25, 0.3) is 5.70 Å². The molecule has 2 heteroatoms. The van der Waals surface area contributed by atoms with Crippen LogP contribution in [0, 0.1) is 0 Å². The minimum absolute atomic E-state index is 0.207. The first-order valence-corrected chi connectivity index (χ1v) is 6.85. The predicted molar refractivity (Wildman–Crippen MR) is 84.6 cm³/mol. The highest BCUT2D eigenvalue weighted by atomic mass is 15.1. The first kappa shape index (κ1) is 12.7. The summed E-state index contributed by atoms with van der Waals surface area (Å²) in [6.07, 6.45) is 2.18. The molecule has 0 spiro atoms. The van der Waals surface area contributed by atoms with Gasteiger partial charge in [0.25, 0.3) is 0 Å². The van der Waals surface area contributed by atoms with Gasteiger partial charge in [-0.15, -0.1) is 0 Å². The average molecular weight is 262 g/mol. The summed E-state index contributed by atoms with van der Waals surface area (Å²) >= 11 is 0. The fourth-order valence-electron chi connectivity index (χ4n) is 2.37. The first-order chi connectivity index (χ1) is 9.64. The lowest BCUT2D eigenvalue weighted by Crippen LogP contribution is -2.33. The molecular weight excluding hydrogens is 244 g/mol. The van der Waals surface area contributed by atoms with Crippen molar-refractivity contribution < 1.29 is 0 Å². The Morgan fingerprint density at radius 1 is 0.800 bits per heavy atom. The molecule has 0 bridgehead atoms.